The summed E-state index contributed by atoms with van der Waals surface area (Å²) in [6.07, 6.45) is 3.60. The summed E-state index contributed by atoms with van der Waals surface area (Å²) >= 11 is 3.60. The van der Waals surface area contributed by atoms with Crippen molar-refractivity contribution in [2.75, 3.05) is 7.11 Å². The van der Waals surface area contributed by atoms with Crippen LogP contribution in [0.25, 0.3) is 0 Å². The molecule has 0 atom stereocenters. The molecular weight excluding hydrogens is 411 g/mol. The van der Waals surface area contributed by atoms with E-state index in [1.165, 1.54) is 12.1 Å². The fraction of sp³-hybridized carbons (Fsp3) is 0.190. The maximum absolute atomic E-state index is 13.0. The van der Waals surface area contributed by atoms with Crippen LogP contribution in [-0.4, -0.2) is 12.1 Å². The Labute approximate surface area is 166 Å². The average Bonchev–Trinajstić information content (AvgIpc) is 2.69. The van der Waals surface area contributed by atoms with Crippen molar-refractivity contribution < 1.29 is 13.9 Å². The normalized spacial score (nSPS) is 10.6. The lowest BCUT2D eigenvalue weighted by molar-refractivity contribution is 0.284. The van der Waals surface area contributed by atoms with E-state index < -0.39 is 0 Å². The minimum atomic E-state index is -0.262. The molecular formula is C21H20BrFN2O2. The minimum absolute atomic E-state index is 0.262. The number of methoxy groups -OCH3 is 1. The largest absolute Gasteiger partial charge is 0.493 e. The third-order valence-corrected chi connectivity index (χ3v) is 4.75. The Kier molecular flexibility index (Phi) is 6.79. The first kappa shape index (κ1) is 19.3. The fourth-order valence-electron chi connectivity index (χ4n) is 2.57. The van der Waals surface area contributed by atoms with Crippen LogP contribution < -0.4 is 14.8 Å². The summed E-state index contributed by atoms with van der Waals surface area (Å²) in [6, 6.07) is 14.0. The number of rotatable bonds is 8. The third kappa shape index (κ3) is 5.52. The second kappa shape index (κ2) is 9.48. The third-order valence-electron chi connectivity index (χ3n) is 4.01. The second-order valence-electron chi connectivity index (χ2n) is 5.97. The summed E-state index contributed by atoms with van der Waals surface area (Å²) in [4.78, 5) is 4.11. The maximum Gasteiger partial charge on any atom is 0.162 e. The van der Waals surface area contributed by atoms with Crippen molar-refractivity contribution >= 4 is 15.9 Å². The Hall–Kier alpha value is -2.44. The smallest absolute Gasteiger partial charge is 0.162 e. The molecule has 0 aliphatic carbocycles. The highest BCUT2D eigenvalue weighted by molar-refractivity contribution is 9.10. The highest BCUT2D eigenvalue weighted by Crippen LogP contribution is 2.34. The molecule has 6 heteroatoms. The Balaban J connectivity index is 1.64. The van der Waals surface area contributed by atoms with Gasteiger partial charge in [-0.3, -0.25) is 4.98 Å². The van der Waals surface area contributed by atoms with Gasteiger partial charge < -0.3 is 14.8 Å². The van der Waals surface area contributed by atoms with Crippen LogP contribution in [0.15, 0.2) is 65.4 Å². The molecule has 0 bridgehead atoms. The van der Waals surface area contributed by atoms with Crippen LogP contribution in [0.3, 0.4) is 0 Å². The Morgan fingerprint density at radius 3 is 2.56 bits per heavy atom. The van der Waals surface area contributed by atoms with Gasteiger partial charge in [-0.25, -0.2) is 4.39 Å². The number of nitrogens with zero attached hydrogens (tertiary/aromatic N) is 1. The SMILES string of the molecule is COc1cc(CNCc2cccnc2)c(Br)cc1OCc1ccc(F)cc1. The van der Waals surface area contributed by atoms with Gasteiger partial charge in [-0.1, -0.05) is 34.1 Å². The predicted molar refractivity (Wildman–Crippen MR) is 106 cm³/mol. The van der Waals surface area contributed by atoms with Gasteiger partial charge in [0.05, 0.1) is 7.11 Å². The first-order valence-electron chi connectivity index (χ1n) is 8.49. The summed E-state index contributed by atoms with van der Waals surface area (Å²) in [7, 11) is 1.61. The van der Waals surface area contributed by atoms with Gasteiger partial charge in [-0.2, -0.15) is 0 Å². The predicted octanol–water partition coefficient (Wildman–Crippen LogP) is 4.86. The van der Waals surface area contributed by atoms with Gasteiger partial charge in [0, 0.05) is 30.0 Å². The highest BCUT2D eigenvalue weighted by Gasteiger charge is 2.11. The second-order valence-corrected chi connectivity index (χ2v) is 6.83. The zero-order valence-corrected chi connectivity index (χ0v) is 16.5. The van der Waals surface area contributed by atoms with E-state index in [-0.39, 0.29) is 5.82 Å². The topological polar surface area (TPSA) is 43.4 Å². The number of aromatic nitrogens is 1. The molecule has 0 fully saturated rings. The molecule has 1 heterocycles. The van der Waals surface area contributed by atoms with E-state index in [0.717, 1.165) is 27.7 Å². The zero-order valence-electron chi connectivity index (χ0n) is 14.9. The standard InChI is InChI=1S/C21H20BrFN2O2/c1-26-20-9-17(13-25-12-16-3-2-8-24-11-16)19(22)10-21(20)27-14-15-4-6-18(23)7-5-15/h2-11,25H,12-14H2,1H3. The van der Waals surface area contributed by atoms with Crippen LogP contribution in [-0.2, 0) is 19.7 Å². The van der Waals surface area contributed by atoms with Crippen LogP contribution in [0, 0.1) is 5.82 Å². The van der Waals surface area contributed by atoms with Crippen molar-refractivity contribution in [2.24, 2.45) is 0 Å². The monoisotopic (exact) mass is 430 g/mol. The number of hydrogen-bond acceptors (Lipinski definition) is 4. The van der Waals surface area contributed by atoms with Crippen LogP contribution in [0.2, 0.25) is 0 Å². The van der Waals surface area contributed by atoms with Crippen LogP contribution in [0.5, 0.6) is 11.5 Å². The average molecular weight is 431 g/mol. The molecule has 4 nitrogen and oxygen atoms in total. The molecule has 2 aromatic carbocycles. The molecule has 1 aromatic heterocycles. The number of halogens is 2. The van der Waals surface area contributed by atoms with E-state index in [1.807, 2.05) is 30.5 Å². The van der Waals surface area contributed by atoms with Crippen molar-refractivity contribution in [3.8, 4) is 11.5 Å². The van der Waals surface area contributed by atoms with Crippen molar-refractivity contribution in [1.29, 1.82) is 0 Å². The molecule has 1 N–H and O–H groups in total. The molecule has 3 rings (SSSR count). The Morgan fingerprint density at radius 2 is 1.85 bits per heavy atom. The van der Waals surface area contributed by atoms with Gasteiger partial charge in [-0.05, 0) is 47.0 Å². The van der Waals surface area contributed by atoms with E-state index in [1.54, 1.807) is 25.4 Å². The molecule has 0 aliphatic heterocycles. The number of ether oxygens (including phenoxy) is 2. The molecule has 140 valence electrons. The van der Waals surface area contributed by atoms with Gasteiger partial charge in [0.25, 0.3) is 0 Å². The molecule has 0 amide bonds. The van der Waals surface area contributed by atoms with Gasteiger partial charge >= 0.3 is 0 Å². The maximum atomic E-state index is 13.0. The number of benzene rings is 2. The summed E-state index contributed by atoms with van der Waals surface area (Å²) in [6.45, 7) is 1.73. The van der Waals surface area contributed by atoms with Gasteiger partial charge in [0.15, 0.2) is 11.5 Å². The number of hydrogen-bond donors (Lipinski definition) is 1. The van der Waals surface area contributed by atoms with Crippen molar-refractivity contribution in [3.63, 3.8) is 0 Å². The van der Waals surface area contributed by atoms with Crippen molar-refractivity contribution in [2.45, 2.75) is 19.7 Å². The Morgan fingerprint density at radius 1 is 1.04 bits per heavy atom. The van der Waals surface area contributed by atoms with E-state index in [4.69, 9.17) is 9.47 Å². The molecule has 0 radical (unpaired) electrons. The van der Waals surface area contributed by atoms with Crippen LogP contribution in [0.1, 0.15) is 16.7 Å². The van der Waals surface area contributed by atoms with Gasteiger partial charge in [0.1, 0.15) is 12.4 Å². The van der Waals surface area contributed by atoms with Gasteiger partial charge in [-0.15, -0.1) is 0 Å². The first-order chi connectivity index (χ1) is 13.2. The van der Waals surface area contributed by atoms with Crippen LogP contribution in [0.4, 0.5) is 4.39 Å². The van der Waals surface area contributed by atoms with E-state index in [2.05, 4.69) is 26.2 Å². The van der Waals surface area contributed by atoms with E-state index in [9.17, 15) is 4.39 Å². The fourth-order valence-corrected chi connectivity index (χ4v) is 3.03. The summed E-state index contributed by atoms with van der Waals surface area (Å²) in [5.74, 6) is 1.02. The van der Waals surface area contributed by atoms with E-state index >= 15 is 0 Å². The minimum Gasteiger partial charge on any atom is -0.493 e. The lowest BCUT2D eigenvalue weighted by atomic mass is 10.2. The summed E-state index contributed by atoms with van der Waals surface area (Å²) in [5, 5.41) is 3.39. The zero-order chi connectivity index (χ0) is 19.1. The number of pyridine rings is 1. The summed E-state index contributed by atoms with van der Waals surface area (Å²) < 4.78 is 25.3. The molecule has 0 unspecified atom stereocenters. The van der Waals surface area contributed by atoms with Crippen molar-refractivity contribution in [3.05, 3.63) is 87.9 Å². The van der Waals surface area contributed by atoms with Gasteiger partial charge in [0.2, 0.25) is 0 Å². The quantitative estimate of drug-likeness (QED) is 0.553. The van der Waals surface area contributed by atoms with Crippen molar-refractivity contribution in [1.82, 2.24) is 10.3 Å². The molecule has 3 aromatic rings. The molecule has 0 aliphatic rings. The first-order valence-corrected chi connectivity index (χ1v) is 9.28. The molecule has 0 saturated carbocycles. The van der Waals surface area contributed by atoms with Crippen LogP contribution >= 0.6 is 15.9 Å². The van der Waals surface area contributed by atoms with E-state index in [0.29, 0.717) is 24.7 Å². The summed E-state index contributed by atoms with van der Waals surface area (Å²) in [5.41, 5.74) is 3.07. The lowest BCUT2D eigenvalue weighted by Gasteiger charge is -2.14. The molecule has 27 heavy (non-hydrogen) atoms. The Bertz CT molecular complexity index is 873. The highest BCUT2D eigenvalue weighted by atomic mass is 79.9. The molecule has 0 spiro atoms. The lowest BCUT2D eigenvalue weighted by Crippen LogP contribution is -2.13. The number of nitrogens with one attached hydrogen (secondary N) is 1. The molecule has 0 saturated heterocycles.